The summed E-state index contributed by atoms with van der Waals surface area (Å²) in [4.78, 5) is 23.8. The van der Waals surface area contributed by atoms with E-state index in [2.05, 4.69) is 10.6 Å². The van der Waals surface area contributed by atoms with Gasteiger partial charge in [-0.05, 0) is 24.3 Å². The zero-order chi connectivity index (χ0) is 15.5. The Labute approximate surface area is 126 Å². The van der Waals surface area contributed by atoms with Crippen LogP contribution in [0, 0.1) is 0 Å². The van der Waals surface area contributed by atoms with Gasteiger partial charge in [-0.15, -0.1) is 0 Å². The molecule has 3 aromatic rings. The summed E-state index contributed by atoms with van der Waals surface area (Å²) < 4.78 is 5.61. The number of amides is 2. The van der Waals surface area contributed by atoms with Crippen LogP contribution in [-0.2, 0) is 4.79 Å². The summed E-state index contributed by atoms with van der Waals surface area (Å²) in [7, 11) is 0. The molecule has 0 bridgehead atoms. The van der Waals surface area contributed by atoms with E-state index in [-0.39, 0.29) is 11.7 Å². The van der Waals surface area contributed by atoms with E-state index in [0.29, 0.717) is 22.3 Å². The van der Waals surface area contributed by atoms with Crippen LogP contribution < -0.4 is 10.6 Å². The van der Waals surface area contributed by atoms with Gasteiger partial charge < -0.3 is 15.1 Å². The minimum absolute atomic E-state index is 0.0836. The Kier molecular flexibility index (Phi) is 3.62. The molecule has 0 aliphatic heterocycles. The minimum Gasteiger partial charge on any atom is -0.449 e. The zero-order valence-corrected chi connectivity index (χ0v) is 11.9. The third-order valence-corrected chi connectivity index (χ3v) is 3.13. The Bertz CT molecular complexity index is 837. The molecule has 0 aliphatic carbocycles. The van der Waals surface area contributed by atoms with Crippen LogP contribution in [0.2, 0.25) is 0 Å². The number of benzene rings is 2. The molecule has 5 nitrogen and oxygen atoms in total. The molecule has 0 atom stereocenters. The van der Waals surface area contributed by atoms with Crippen molar-refractivity contribution in [3.8, 4) is 0 Å². The van der Waals surface area contributed by atoms with Gasteiger partial charge in [-0.1, -0.05) is 30.3 Å². The van der Waals surface area contributed by atoms with Gasteiger partial charge in [-0.3, -0.25) is 9.59 Å². The molecule has 5 heteroatoms. The molecular formula is C17H14N2O3. The van der Waals surface area contributed by atoms with Crippen LogP contribution in [0.5, 0.6) is 0 Å². The van der Waals surface area contributed by atoms with E-state index in [1.54, 1.807) is 24.3 Å². The quantitative estimate of drug-likeness (QED) is 0.774. The molecule has 22 heavy (non-hydrogen) atoms. The summed E-state index contributed by atoms with van der Waals surface area (Å²) in [5.41, 5.74) is 1.59. The maximum absolute atomic E-state index is 12.4. The SMILES string of the molecule is CC(=O)Nc1c(C(=O)Nc2ccccc2)oc2ccccc12. The fraction of sp³-hybridized carbons (Fsp3) is 0.0588. The predicted molar refractivity (Wildman–Crippen MR) is 84.9 cm³/mol. The van der Waals surface area contributed by atoms with Crippen LogP contribution in [0.4, 0.5) is 11.4 Å². The van der Waals surface area contributed by atoms with E-state index in [9.17, 15) is 9.59 Å². The van der Waals surface area contributed by atoms with Gasteiger partial charge in [-0.25, -0.2) is 0 Å². The first kappa shape index (κ1) is 13.9. The lowest BCUT2D eigenvalue weighted by molar-refractivity contribution is -0.114. The Hall–Kier alpha value is -3.08. The van der Waals surface area contributed by atoms with E-state index in [4.69, 9.17) is 4.42 Å². The van der Waals surface area contributed by atoms with Gasteiger partial charge in [0.05, 0.1) is 0 Å². The Morgan fingerprint density at radius 2 is 1.59 bits per heavy atom. The van der Waals surface area contributed by atoms with Crippen molar-refractivity contribution < 1.29 is 14.0 Å². The molecule has 0 saturated carbocycles. The van der Waals surface area contributed by atoms with Crippen LogP contribution in [0.3, 0.4) is 0 Å². The fourth-order valence-corrected chi connectivity index (χ4v) is 2.21. The largest absolute Gasteiger partial charge is 0.449 e. The van der Waals surface area contributed by atoms with Gasteiger partial charge in [0.25, 0.3) is 5.91 Å². The van der Waals surface area contributed by atoms with Crippen molar-refractivity contribution in [2.24, 2.45) is 0 Å². The van der Waals surface area contributed by atoms with Crippen molar-refractivity contribution in [1.29, 1.82) is 0 Å². The number of furan rings is 1. The van der Waals surface area contributed by atoms with Gasteiger partial charge in [-0.2, -0.15) is 0 Å². The molecule has 3 rings (SSSR count). The lowest BCUT2D eigenvalue weighted by Gasteiger charge is -2.05. The van der Waals surface area contributed by atoms with Crippen molar-refractivity contribution in [2.75, 3.05) is 10.6 Å². The van der Waals surface area contributed by atoms with E-state index in [0.717, 1.165) is 0 Å². The highest BCUT2D eigenvalue weighted by atomic mass is 16.3. The average Bonchev–Trinajstić information content (AvgIpc) is 2.87. The van der Waals surface area contributed by atoms with Crippen molar-refractivity contribution in [3.63, 3.8) is 0 Å². The number of hydrogen-bond acceptors (Lipinski definition) is 3. The van der Waals surface area contributed by atoms with Gasteiger partial charge in [0.2, 0.25) is 11.7 Å². The highest BCUT2D eigenvalue weighted by Crippen LogP contribution is 2.31. The van der Waals surface area contributed by atoms with Crippen molar-refractivity contribution >= 4 is 34.2 Å². The summed E-state index contributed by atoms with van der Waals surface area (Å²) in [5.74, 6) is -0.591. The second-order valence-electron chi connectivity index (χ2n) is 4.80. The number of nitrogens with one attached hydrogen (secondary N) is 2. The molecule has 0 saturated heterocycles. The minimum atomic E-state index is -0.411. The molecule has 110 valence electrons. The summed E-state index contributed by atoms with van der Waals surface area (Å²) in [6, 6.07) is 16.2. The van der Waals surface area contributed by atoms with Crippen LogP contribution >= 0.6 is 0 Å². The topological polar surface area (TPSA) is 71.3 Å². The molecule has 0 unspecified atom stereocenters. The lowest BCUT2D eigenvalue weighted by atomic mass is 10.2. The molecule has 1 heterocycles. The second-order valence-corrected chi connectivity index (χ2v) is 4.80. The molecule has 0 spiro atoms. The monoisotopic (exact) mass is 294 g/mol. The number of carbonyl (C=O) groups excluding carboxylic acids is 2. The number of carbonyl (C=O) groups is 2. The first-order valence-electron chi connectivity index (χ1n) is 6.80. The lowest BCUT2D eigenvalue weighted by Crippen LogP contribution is -2.15. The smallest absolute Gasteiger partial charge is 0.293 e. The van der Waals surface area contributed by atoms with Gasteiger partial charge in [0, 0.05) is 18.0 Å². The van der Waals surface area contributed by atoms with E-state index < -0.39 is 5.91 Å². The van der Waals surface area contributed by atoms with Crippen LogP contribution in [0.25, 0.3) is 11.0 Å². The Morgan fingerprint density at radius 3 is 2.32 bits per heavy atom. The third kappa shape index (κ3) is 2.69. The van der Waals surface area contributed by atoms with Gasteiger partial charge in [0.15, 0.2) is 0 Å². The Morgan fingerprint density at radius 1 is 0.909 bits per heavy atom. The van der Waals surface area contributed by atoms with Crippen LogP contribution in [0.1, 0.15) is 17.5 Å². The maximum Gasteiger partial charge on any atom is 0.293 e. The first-order chi connectivity index (χ1) is 10.6. The van der Waals surface area contributed by atoms with Crippen molar-refractivity contribution in [2.45, 2.75) is 6.92 Å². The molecule has 2 amide bonds. The van der Waals surface area contributed by atoms with E-state index >= 15 is 0 Å². The summed E-state index contributed by atoms with van der Waals surface area (Å²) in [6.45, 7) is 1.39. The third-order valence-electron chi connectivity index (χ3n) is 3.13. The molecule has 2 N–H and O–H groups in total. The highest BCUT2D eigenvalue weighted by molar-refractivity contribution is 6.14. The second kappa shape index (κ2) is 5.73. The van der Waals surface area contributed by atoms with Crippen molar-refractivity contribution in [1.82, 2.24) is 0 Å². The number of hydrogen-bond donors (Lipinski definition) is 2. The van der Waals surface area contributed by atoms with Gasteiger partial charge in [0.1, 0.15) is 11.3 Å². The normalized spacial score (nSPS) is 10.4. The number of fused-ring (bicyclic) bond motifs is 1. The van der Waals surface area contributed by atoms with Crippen LogP contribution in [-0.4, -0.2) is 11.8 Å². The maximum atomic E-state index is 12.4. The van der Waals surface area contributed by atoms with Crippen LogP contribution in [0.15, 0.2) is 59.0 Å². The molecule has 0 aliphatic rings. The summed E-state index contributed by atoms with van der Waals surface area (Å²) in [6.07, 6.45) is 0. The zero-order valence-electron chi connectivity index (χ0n) is 11.9. The fourth-order valence-electron chi connectivity index (χ4n) is 2.21. The number of anilines is 2. The predicted octanol–water partition coefficient (Wildman–Crippen LogP) is 3.64. The Balaban J connectivity index is 2.01. The highest BCUT2D eigenvalue weighted by Gasteiger charge is 2.21. The molecular weight excluding hydrogens is 280 g/mol. The number of para-hydroxylation sites is 2. The molecule has 0 fully saturated rings. The van der Waals surface area contributed by atoms with Gasteiger partial charge >= 0.3 is 0 Å². The summed E-state index contributed by atoms with van der Waals surface area (Å²) >= 11 is 0. The first-order valence-corrected chi connectivity index (χ1v) is 6.80. The average molecular weight is 294 g/mol. The van der Waals surface area contributed by atoms with E-state index in [1.807, 2.05) is 30.3 Å². The molecule has 0 radical (unpaired) electrons. The summed E-state index contributed by atoms with van der Waals surface area (Å²) in [5, 5.41) is 6.11. The van der Waals surface area contributed by atoms with Crippen molar-refractivity contribution in [3.05, 3.63) is 60.4 Å². The number of rotatable bonds is 3. The molecule has 2 aromatic carbocycles. The standard InChI is InChI=1S/C17H14N2O3/c1-11(20)18-15-13-9-5-6-10-14(13)22-16(15)17(21)19-12-7-3-2-4-8-12/h2-10H,1H3,(H,18,20)(H,19,21). The molecule has 1 aromatic heterocycles. The van der Waals surface area contributed by atoms with E-state index in [1.165, 1.54) is 6.92 Å².